The Kier molecular flexibility index (Phi) is 5.65. The summed E-state index contributed by atoms with van der Waals surface area (Å²) in [5.74, 6) is 0.764. The van der Waals surface area contributed by atoms with E-state index in [0.717, 1.165) is 25.4 Å². The number of carbonyl (C=O) groups is 1. The summed E-state index contributed by atoms with van der Waals surface area (Å²) in [5.41, 5.74) is 0.135. The van der Waals surface area contributed by atoms with Crippen LogP contribution in [0.5, 0.6) is 0 Å². The average Bonchev–Trinajstić information content (AvgIpc) is 3.01. The Morgan fingerprint density at radius 1 is 1.26 bits per heavy atom. The van der Waals surface area contributed by atoms with E-state index in [2.05, 4.69) is 24.5 Å². The standard InChI is InChI=1S/C15H30N2O2/c1-12(2)15(7-8-15)11-16-9-6-10-17-13(18)19-14(3,4)5/h12,16H,6-11H2,1-5H3,(H,17,18). The Balaban J connectivity index is 1.99. The summed E-state index contributed by atoms with van der Waals surface area (Å²) in [4.78, 5) is 11.4. The number of amides is 1. The number of ether oxygens (including phenoxy) is 1. The SMILES string of the molecule is CC(C)C1(CNCCCNC(=O)OC(C)(C)C)CC1. The fourth-order valence-corrected chi connectivity index (χ4v) is 2.17. The molecular formula is C15H30N2O2. The van der Waals surface area contributed by atoms with Gasteiger partial charge < -0.3 is 15.4 Å². The van der Waals surface area contributed by atoms with E-state index < -0.39 is 5.60 Å². The van der Waals surface area contributed by atoms with Gasteiger partial charge in [0.05, 0.1) is 0 Å². The van der Waals surface area contributed by atoms with Gasteiger partial charge in [0.1, 0.15) is 5.60 Å². The predicted octanol–water partition coefficient (Wildman–Crippen LogP) is 2.93. The largest absolute Gasteiger partial charge is 0.444 e. The third-order valence-electron chi connectivity index (χ3n) is 3.79. The number of carbonyl (C=O) groups excluding carboxylic acids is 1. The van der Waals surface area contributed by atoms with Crippen LogP contribution in [0.2, 0.25) is 0 Å². The van der Waals surface area contributed by atoms with E-state index in [-0.39, 0.29) is 6.09 Å². The van der Waals surface area contributed by atoms with Crippen LogP contribution in [0.3, 0.4) is 0 Å². The van der Waals surface area contributed by atoms with Crippen molar-refractivity contribution in [1.82, 2.24) is 10.6 Å². The van der Waals surface area contributed by atoms with Crippen molar-refractivity contribution >= 4 is 6.09 Å². The Hall–Kier alpha value is -0.770. The Morgan fingerprint density at radius 3 is 2.37 bits per heavy atom. The van der Waals surface area contributed by atoms with Crippen LogP contribution < -0.4 is 10.6 Å². The maximum Gasteiger partial charge on any atom is 0.407 e. The molecule has 1 amide bonds. The van der Waals surface area contributed by atoms with E-state index in [4.69, 9.17) is 4.74 Å². The molecule has 0 aromatic heterocycles. The van der Waals surface area contributed by atoms with Gasteiger partial charge in [-0.05, 0) is 57.9 Å². The van der Waals surface area contributed by atoms with E-state index in [1.807, 2.05) is 20.8 Å². The molecule has 1 fully saturated rings. The minimum atomic E-state index is -0.419. The molecule has 1 aliphatic rings. The van der Waals surface area contributed by atoms with E-state index in [1.54, 1.807) is 0 Å². The van der Waals surface area contributed by atoms with Crippen molar-refractivity contribution in [3.63, 3.8) is 0 Å². The van der Waals surface area contributed by atoms with Gasteiger partial charge in [0.2, 0.25) is 0 Å². The Morgan fingerprint density at radius 2 is 1.89 bits per heavy atom. The van der Waals surface area contributed by atoms with Crippen molar-refractivity contribution in [3.05, 3.63) is 0 Å². The highest BCUT2D eigenvalue weighted by molar-refractivity contribution is 5.67. The topological polar surface area (TPSA) is 50.4 Å². The summed E-state index contributed by atoms with van der Waals surface area (Å²) < 4.78 is 5.17. The van der Waals surface area contributed by atoms with E-state index in [0.29, 0.717) is 12.0 Å². The van der Waals surface area contributed by atoms with Gasteiger partial charge in [-0.25, -0.2) is 4.79 Å². The van der Waals surface area contributed by atoms with Gasteiger partial charge in [-0.15, -0.1) is 0 Å². The molecule has 1 aliphatic carbocycles. The van der Waals surface area contributed by atoms with Crippen molar-refractivity contribution in [2.24, 2.45) is 11.3 Å². The first-order valence-electron chi connectivity index (χ1n) is 7.43. The van der Waals surface area contributed by atoms with Gasteiger partial charge in [0.25, 0.3) is 0 Å². The molecule has 1 rings (SSSR count). The van der Waals surface area contributed by atoms with Gasteiger partial charge in [-0.3, -0.25) is 0 Å². The van der Waals surface area contributed by atoms with E-state index >= 15 is 0 Å². The third kappa shape index (κ3) is 6.28. The number of nitrogens with one attached hydrogen (secondary N) is 2. The maximum absolute atomic E-state index is 11.4. The molecule has 2 N–H and O–H groups in total. The zero-order valence-corrected chi connectivity index (χ0v) is 13.1. The van der Waals surface area contributed by atoms with Crippen LogP contribution in [0.25, 0.3) is 0 Å². The summed E-state index contributed by atoms with van der Waals surface area (Å²) in [6, 6.07) is 0. The first-order valence-corrected chi connectivity index (χ1v) is 7.43. The zero-order chi connectivity index (χ0) is 14.5. The highest BCUT2D eigenvalue weighted by Gasteiger charge is 2.44. The molecule has 4 nitrogen and oxygen atoms in total. The zero-order valence-electron chi connectivity index (χ0n) is 13.1. The lowest BCUT2D eigenvalue weighted by Gasteiger charge is -2.21. The molecule has 112 valence electrons. The maximum atomic E-state index is 11.4. The average molecular weight is 270 g/mol. The monoisotopic (exact) mass is 270 g/mol. The molecule has 0 aromatic rings. The second-order valence-corrected chi connectivity index (χ2v) is 6.98. The summed E-state index contributed by atoms with van der Waals surface area (Å²) in [5, 5.41) is 6.27. The van der Waals surface area contributed by atoms with E-state index in [9.17, 15) is 4.79 Å². The second-order valence-electron chi connectivity index (χ2n) is 6.98. The number of hydrogen-bond acceptors (Lipinski definition) is 3. The van der Waals surface area contributed by atoms with Crippen molar-refractivity contribution in [3.8, 4) is 0 Å². The van der Waals surface area contributed by atoms with Gasteiger partial charge in [0.15, 0.2) is 0 Å². The van der Waals surface area contributed by atoms with Crippen molar-refractivity contribution in [1.29, 1.82) is 0 Å². The van der Waals surface area contributed by atoms with Crippen LogP contribution in [0.4, 0.5) is 4.79 Å². The summed E-state index contributed by atoms with van der Waals surface area (Å²) in [6.45, 7) is 12.9. The lowest BCUT2D eigenvalue weighted by atomic mass is 9.92. The predicted molar refractivity (Wildman–Crippen MR) is 78.2 cm³/mol. The van der Waals surface area contributed by atoms with Gasteiger partial charge in [0, 0.05) is 13.1 Å². The van der Waals surface area contributed by atoms with Gasteiger partial charge in [-0.1, -0.05) is 13.8 Å². The molecule has 1 saturated carbocycles. The first-order chi connectivity index (χ1) is 8.75. The minimum Gasteiger partial charge on any atom is -0.444 e. The quantitative estimate of drug-likeness (QED) is 0.699. The Labute approximate surface area is 117 Å². The lowest BCUT2D eigenvalue weighted by Crippen LogP contribution is -2.34. The highest BCUT2D eigenvalue weighted by Crippen LogP contribution is 2.51. The summed E-state index contributed by atoms with van der Waals surface area (Å²) in [6.07, 6.45) is 3.32. The molecule has 0 spiro atoms. The normalized spacial score (nSPS) is 17.4. The van der Waals surface area contributed by atoms with Crippen LogP contribution in [-0.2, 0) is 4.74 Å². The second kappa shape index (κ2) is 6.60. The first kappa shape index (κ1) is 16.3. The Bertz CT molecular complexity index is 291. The molecule has 0 atom stereocenters. The number of alkyl carbamates (subject to hydrolysis) is 1. The molecule has 0 aliphatic heterocycles. The summed E-state index contributed by atoms with van der Waals surface area (Å²) >= 11 is 0. The van der Waals surface area contributed by atoms with Gasteiger partial charge in [-0.2, -0.15) is 0 Å². The number of rotatable bonds is 7. The summed E-state index contributed by atoms with van der Waals surface area (Å²) in [7, 11) is 0. The van der Waals surface area contributed by atoms with Crippen LogP contribution in [-0.4, -0.2) is 31.3 Å². The smallest absolute Gasteiger partial charge is 0.407 e. The molecule has 0 bridgehead atoms. The number of hydrogen-bond donors (Lipinski definition) is 2. The van der Waals surface area contributed by atoms with Crippen LogP contribution in [0, 0.1) is 11.3 Å². The molecule has 0 unspecified atom stereocenters. The van der Waals surface area contributed by atoms with E-state index in [1.165, 1.54) is 12.8 Å². The third-order valence-corrected chi connectivity index (χ3v) is 3.79. The molecule has 0 heterocycles. The van der Waals surface area contributed by atoms with Crippen LogP contribution in [0.15, 0.2) is 0 Å². The fraction of sp³-hybridized carbons (Fsp3) is 0.933. The van der Waals surface area contributed by atoms with Crippen LogP contribution in [0.1, 0.15) is 53.9 Å². The minimum absolute atomic E-state index is 0.326. The molecule has 0 radical (unpaired) electrons. The van der Waals surface area contributed by atoms with Gasteiger partial charge >= 0.3 is 6.09 Å². The lowest BCUT2D eigenvalue weighted by molar-refractivity contribution is 0.0527. The molecule has 19 heavy (non-hydrogen) atoms. The molecule has 0 saturated heterocycles. The molecule has 4 heteroatoms. The fourth-order valence-electron chi connectivity index (χ4n) is 2.17. The van der Waals surface area contributed by atoms with Crippen LogP contribution >= 0.6 is 0 Å². The van der Waals surface area contributed by atoms with Crippen molar-refractivity contribution in [2.75, 3.05) is 19.6 Å². The van der Waals surface area contributed by atoms with Crippen molar-refractivity contribution in [2.45, 2.75) is 59.5 Å². The molecule has 0 aromatic carbocycles. The highest BCUT2D eigenvalue weighted by atomic mass is 16.6. The molecular weight excluding hydrogens is 240 g/mol. The van der Waals surface area contributed by atoms with Crippen molar-refractivity contribution < 1.29 is 9.53 Å².